The Bertz CT molecular complexity index is 640. The molecule has 1 aliphatic heterocycles. The Morgan fingerprint density at radius 3 is 2.62 bits per heavy atom. The van der Waals surface area contributed by atoms with Crippen LogP contribution in [0.2, 0.25) is 0 Å². The molecule has 29 heavy (non-hydrogen) atoms. The van der Waals surface area contributed by atoms with Gasteiger partial charge in [0.05, 0.1) is 0 Å². The minimum atomic E-state index is -0.425. The molecule has 1 aromatic heterocycles. The van der Waals surface area contributed by atoms with Gasteiger partial charge in [-0.15, -0.1) is 6.58 Å². The maximum atomic E-state index is 10.3. The summed E-state index contributed by atoms with van der Waals surface area (Å²) in [4.78, 5) is 16.6. The molecule has 1 atom stereocenters. The summed E-state index contributed by atoms with van der Waals surface area (Å²) in [6, 6.07) is 0.833. The van der Waals surface area contributed by atoms with Crippen LogP contribution < -0.4 is 4.90 Å². The van der Waals surface area contributed by atoms with Gasteiger partial charge in [-0.05, 0) is 44.6 Å². The highest BCUT2D eigenvalue weighted by Gasteiger charge is 2.28. The highest BCUT2D eigenvalue weighted by molar-refractivity contribution is 5.33. The van der Waals surface area contributed by atoms with Crippen LogP contribution in [0, 0.1) is 6.92 Å². The fourth-order valence-electron chi connectivity index (χ4n) is 4.38. The molecular formula is C23H39N5O. The van der Waals surface area contributed by atoms with E-state index < -0.39 is 6.23 Å². The van der Waals surface area contributed by atoms with Gasteiger partial charge in [0.2, 0.25) is 5.95 Å². The smallest absolute Gasteiger partial charge is 0.225 e. The first-order valence-electron chi connectivity index (χ1n) is 11.5. The quantitative estimate of drug-likeness (QED) is 0.454. The molecule has 2 heterocycles. The second-order valence-corrected chi connectivity index (χ2v) is 8.53. The highest BCUT2D eigenvalue weighted by Crippen LogP contribution is 2.26. The Morgan fingerprint density at radius 2 is 2.03 bits per heavy atom. The van der Waals surface area contributed by atoms with Crippen LogP contribution in [-0.2, 0) is 6.42 Å². The number of rotatable bonds is 11. The fraction of sp³-hybridized carbons (Fsp3) is 0.739. The predicted molar refractivity (Wildman–Crippen MR) is 119 cm³/mol. The molecule has 2 aliphatic rings. The summed E-state index contributed by atoms with van der Waals surface area (Å²) in [5, 5.41) is 10.3. The van der Waals surface area contributed by atoms with E-state index in [-0.39, 0.29) is 0 Å². The van der Waals surface area contributed by atoms with Crippen molar-refractivity contribution in [1.82, 2.24) is 19.8 Å². The van der Waals surface area contributed by atoms with Crippen molar-refractivity contribution >= 4 is 5.95 Å². The van der Waals surface area contributed by atoms with Gasteiger partial charge in [0, 0.05) is 63.6 Å². The SMILES string of the molecule is C=CCC(O)N(CCC)CCCc1cnc(N2CCN(C3CCC3)CC2)nc1C. The molecule has 0 radical (unpaired) electrons. The van der Waals surface area contributed by atoms with Gasteiger partial charge in [-0.1, -0.05) is 19.4 Å². The first kappa shape index (κ1) is 22.2. The second-order valence-electron chi connectivity index (χ2n) is 8.53. The van der Waals surface area contributed by atoms with Gasteiger partial charge >= 0.3 is 0 Å². The van der Waals surface area contributed by atoms with Crippen LogP contribution in [0.1, 0.15) is 56.7 Å². The Morgan fingerprint density at radius 1 is 1.28 bits per heavy atom. The van der Waals surface area contributed by atoms with E-state index in [2.05, 4.69) is 40.1 Å². The van der Waals surface area contributed by atoms with Crippen LogP contribution in [0.15, 0.2) is 18.9 Å². The van der Waals surface area contributed by atoms with Gasteiger partial charge in [0.15, 0.2) is 0 Å². The van der Waals surface area contributed by atoms with Crippen LogP contribution in [0.5, 0.6) is 0 Å². The van der Waals surface area contributed by atoms with E-state index in [0.29, 0.717) is 6.42 Å². The topological polar surface area (TPSA) is 55.7 Å². The number of aliphatic hydroxyl groups is 1. The average Bonchev–Trinajstić information content (AvgIpc) is 2.68. The lowest BCUT2D eigenvalue weighted by Crippen LogP contribution is -2.52. The Balaban J connectivity index is 1.48. The molecule has 0 bridgehead atoms. The van der Waals surface area contributed by atoms with E-state index in [9.17, 15) is 5.11 Å². The van der Waals surface area contributed by atoms with E-state index in [1.165, 1.54) is 24.8 Å². The number of hydrogen-bond acceptors (Lipinski definition) is 6. The molecule has 1 saturated carbocycles. The van der Waals surface area contributed by atoms with Crippen molar-refractivity contribution in [2.75, 3.05) is 44.2 Å². The summed E-state index contributed by atoms with van der Waals surface area (Å²) in [6.07, 6.45) is 11.1. The molecule has 6 heteroatoms. The maximum Gasteiger partial charge on any atom is 0.225 e. The number of piperazine rings is 1. The number of aliphatic hydroxyl groups excluding tert-OH is 1. The lowest BCUT2D eigenvalue weighted by molar-refractivity contribution is 0.00566. The molecular weight excluding hydrogens is 362 g/mol. The number of aryl methyl sites for hydroxylation is 2. The number of nitrogens with zero attached hydrogens (tertiary/aromatic N) is 5. The molecule has 0 spiro atoms. The molecule has 3 rings (SSSR count). The van der Waals surface area contributed by atoms with Gasteiger partial charge in [0.1, 0.15) is 6.23 Å². The zero-order valence-electron chi connectivity index (χ0n) is 18.4. The largest absolute Gasteiger partial charge is 0.378 e. The molecule has 2 fully saturated rings. The van der Waals surface area contributed by atoms with E-state index in [1.54, 1.807) is 6.08 Å². The van der Waals surface area contributed by atoms with Crippen LogP contribution in [0.3, 0.4) is 0 Å². The van der Waals surface area contributed by atoms with E-state index >= 15 is 0 Å². The predicted octanol–water partition coefficient (Wildman–Crippen LogP) is 3.00. The van der Waals surface area contributed by atoms with Crippen molar-refractivity contribution in [3.63, 3.8) is 0 Å². The van der Waals surface area contributed by atoms with Gasteiger partial charge in [-0.3, -0.25) is 9.80 Å². The average molecular weight is 402 g/mol. The normalized spacial score (nSPS) is 19.4. The molecule has 1 unspecified atom stereocenters. The number of hydrogen-bond donors (Lipinski definition) is 1. The fourth-order valence-corrected chi connectivity index (χ4v) is 4.38. The van der Waals surface area contributed by atoms with Crippen LogP contribution >= 0.6 is 0 Å². The van der Waals surface area contributed by atoms with Crippen molar-refractivity contribution in [1.29, 1.82) is 0 Å². The van der Waals surface area contributed by atoms with E-state index in [0.717, 1.165) is 76.2 Å². The van der Waals surface area contributed by atoms with Gasteiger partial charge in [-0.25, -0.2) is 9.97 Å². The van der Waals surface area contributed by atoms with Crippen molar-refractivity contribution < 1.29 is 5.11 Å². The number of aromatic nitrogens is 2. The summed E-state index contributed by atoms with van der Waals surface area (Å²) in [5.41, 5.74) is 2.31. The molecule has 1 N–H and O–H groups in total. The molecule has 1 aliphatic carbocycles. The third-order valence-electron chi connectivity index (χ3n) is 6.46. The molecule has 6 nitrogen and oxygen atoms in total. The summed E-state index contributed by atoms with van der Waals surface area (Å²) < 4.78 is 0. The van der Waals surface area contributed by atoms with E-state index in [1.807, 2.05) is 6.20 Å². The maximum absolute atomic E-state index is 10.3. The minimum Gasteiger partial charge on any atom is -0.378 e. The molecule has 0 aromatic carbocycles. The first-order valence-corrected chi connectivity index (χ1v) is 11.5. The van der Waals surface area contributed by atoms with Gasteiger partial charge in [-0.2, -0.15) is 0 Å². The summed E-state index contributed by atoms with van der Waals surface area (Å²) in [5.74, 6) is 0.883. The van der Waals surface area contributed by atoms with Crippen molar-refractivity contribution in [3.8, 4) is 0 Å². The molecule has 1 aromatic rings. The summed E-state index contributed by atoms with van der Waals surface area (Å²) >= 11 is 0. The third kappa shape index (κ3) is 6.00. The first-order chi connectivity index (χ1) is 14.1. The summed E-state index contributed by atoms with van der Waals surface area (Å²) in [6.45, 7) is 14.1. The van der Waals surface area contributed by atoms with Crippen LogP contribution in [-0.4, -0.2) is 76.4 Å². The third-order valence-corrected chi connectivity index (χ3v) is 6.46. The Hall–Kier alpha value is -1.50. The lowest BCUT2D eigenvalue weighted by Gasteiger charge is -2.42. The monoisotopic (exact) mass is 401 g/mol. The highest BCUT2D eigenvalue weighted by atomic mass is 16.3. The number of anilines is 1. The standard InChI is InChI=1S/C23H39N5O/c1-4-8-22(29)27(12-5-2)13-7-9-20-18-24-23(25-19(20)3)28-16-14-26(15-17-28)21-10-6-11-21/h4,18,21-22,29H,1,5-17H2,2-3H3. The van der Waals surface area contributed by atoms with Crippen molar-refractivity contribution in [3.05, 3.63) is 30.1 Å². The lowest BCUT2D eigenvalue weighted by atomic mass is 9.91. The Labute approximate surface area is 176 Å². The van der Waals surface area contributed by atoms with Gasteiger partial charge < -0.3 is 10.0 Å². The Kier molecular flexibility index (Phi) is 8.45. The van der Waals surface area contributed by atoms with Crippen LogP contribution in [0.25, 0.3) is 0 Å². The van der Waals surface area contributed by atoms with Crippen molar-refractivity contribution in [2.45, 2.75) is 71.1 Å². The zero-order valence-corrected chi connectivity index (χ0v) is 18.4. The molecule has 1 saturated heterocycles. The molecule has 162 valence electrons. The van der Waals surface area contributed by atoms with Crippen LogP contribution in [0.4, 0.5) is 5.95 Å². The summed E-state index contributed by atoms with van der Waals surface area (Å²) in [7, 11) is 0. The van der Waals surface area contributed by atoms with Crippen molar-refractivity contribution in [2.24, 2.45) is 0 Å². The van der Waals surface area contributed by atoms with Gasteiger partial charge in [0.25, 0.3) is 0 Å². The minimum absolute atomic E-state index is 0.425. The second kappa shape index (κ2) is 11.0. The van der Waals surface area contributed by atoms with E-state index in [4.69, 9.17) is 4.98 Å². The molecule has 0 amide bonds. The zero-order chi connectivity index (χ0) is 20.6.